The van der Waals surface area contributed by atoms with Gasteiger partial charge in [-0.3, -0.25) is 0 Å². The van der Waals surface area contributed by atoms with Gasteiger partial charge in [0.1, 0.15) is 0 Å². The average Bonchev–Trinajstić information content (AvgIpc) is 2.81. The Balaban J connectivity index is 1.90. The van der Waals surface area contributed by atoms with Crippen LogP contribution in [0.15, 0.2) is 24.3 Å². The molecule has 3 nitrogen and oxygen atoms in total. The number of nitrogens with zero attached hydrogens (tertiary/aromatic N) is 1. The monoisotopic (exact) mass is 282 g/mol. The lowest BCUT2D eigenvalue weighted by Crippen LogP contribution is -2.28. The van der Waals surface area contributed by atoms with Crippen molar-refractivity contribution in [2.24, 2.45) is 0 Å². The minimum atomic E-state index is -0.131. The van der Waals surface area contributed by atoms with E-state index in [1.807, 2.05) is 12.1 Å². The molecule has 0 radical (unpaired) electrons. The minimum Gasteiger partial charge on any atom is -0.392 e. The van der Waals surface area contributed by atoms with E-state index in [2.05, 4.69) is 29.3 Å². The summed E-state index contributed by atoms with van der Waals surface area (Å²) in [5.41, 5.74) is 1.28. The number of hydrogen-bond acceptors (Lipinski definition) is 3. The van der Waals surface area contributed by atoms with E-state index in [1.54, 1.807) is 0 Å². The van der Waals surface area contributed by atoms with Crippen molar-refractivity contribution >= 4 is 11.6 Å². The topological polar surface area (TPSA) is 35.5 Å². The van der Waals surface area contributed by atoms with Gasteiger partial charge >= 0.3 is 0 Å². The van der Waals surface area contributed by atoms with Gasteiger partial charge in [0.05, 0.1) is 6.10 Å². The third kappa shape index (κ3) is 4.46. The van der Waals surface area contributed by atoms with Gasteiger partial charge in [0.25, 0.3) is 0 Å². The number of benzene rings is 1. The molecule has 4 heteroatoms. The van der Waals surface area contributed by atoms with E-state index in [-0.39, 0.29) is 6.10 Å². The Morgan fingerprint density at radius 1 is 1.42 bits per heavy atom. The summed E-state index contributed by atoms with van der Waals surface area (Å²) in [6.45, 7) is 5.94. The minimum absolute atomic E-state index is 0.131. The molecule has 1 aliphatic heterocycles. The molecule has 0 amide bonds. The molecule has 1 aliphatic rings. The van der Waals surface area contributed by atoms with Gasteiger partial charge in [0.2, 0.25) is 0 Å². The number of likely N-dealkylation sites (tertiary alicyclic amines) is 1. The maximum absolute atomic E-state index is 9.54. The number of aliphatic hydroxyl groups excluding tert-OH is 1. The highest BCUT2D eigenvalue weighted by atomic mass is 35.5. The average molecular weight is 283 g/mol. The normalized spacial score (nSPS) is 21.7. The summed E-state index contributed by atoms with van der Waals surface area (Å²) in [5, 5.41) is 13.8. The van der Waals surface area contributed by atoms with E-state index >= 15 is 0 Å². The molecule has 2 N–H and O–H groups in total. The summed E-state index contributed by atoms with van der Waals surface area (Å²) in [7, 11) is 0. The maximum Gasteiger partial charge on any atom is 0.0679 e. The molecule has 106 valence electrons. The van der Waals surface area contributed by atoms with Crippen molar-refractivity contribution in [1.29, 1.82) is 0 Å². The van der Waals surface area contributed by atoms with Crippen LogP contribution >= 0.6 is 11.6 Å². The molecule has 1 heterocycles. The Morgan fingerprint density at radius 3 is 2.74 bits per heavy atom. The fourth-order valence-electron chi connectivity index (χ4n) is 2.66. The first-order valence-corrected chi connectivity index (χ1v) is 7.46. The van der Waals surface area contributed by atoms with Crippen molar-refractivity contribution in [1.82, 2.24) is 10.2 Å². The quantitative estimate of drug-likeness (QED) is 0.841. The van der Waals surface area contributed by atoms with Crippen LogP contribution in [0, 0.1) is 0 Å². The summed E-state index contributed by atoms with van der Waals surface area (Å²) in [5.74, 6) is 0. The summed E-state index contributed by atoms with van der Waals surface area (Å²) in [4.78, 5) is 2.34. The fourth-order valence-corrected chi connectivity index (χ4v) is 2.78. The molecule has 1 aromatic rings. The highest BCUT2D eigenvalue weighted by Crippen LogP contribution is 2.20. The number of rotatable bonds is 6. The maximum atomic E-state index is 9.54. The molecular formula is C15H23ClN2O. The fraction of sp³-hybridized carbons (Fsp3) is 0.600. The third-order valence-electron chi connectivity index (χ3n) is 3.70. The zero-order valence-corrected chi connectivity index (χ0v) is 12.2. The van der Waals surface area contributed by atoms with Crippen LogP contribution < -0.4 is 5.32 Å². The lowest BCUT2D eigenvalue weighted by Gasteiger charge is -2.22. The number of hydrogen-bond donors (Lipinski definition) is 2. The van der Waals surface area contributed by atoms with Crippen LogP contribution in [0.3, 0.4) is 0 Å². The summed E-state index contributed by atoms with van der Waals surface area (Å²) >= 11 is 5.93. The molecule has 1 saturated heterocycles. The van der Waals surface area contributed by atoms with Crippen LogP contribution in [0.1, 0.15) is 31.4 Å². The lowest BCUT2D eigenvalue weighted by atomic mass is 10.0. The summed E-state index contributed by atoms with van der Waals surface area (Å²) < 4.78 is 0. The second-order valence-electron chi connectivity index (χ2n) is 5.19. The van der Waals surface area contributed by atoms with E-state index in [1.165, 1.54) is 5.56 Å². The van der Waals surface area contributed by atoms with Gasteiger partial charge in [-0.2, -0.15) is 0 Å². The zero-order chi connectivity index (χ0) is 13.7. The summed E-state index contributed by atoms with van der Waals surface area (Å²) in [6.07, 6.45) is 1.84. The van der Waals surface area contributed by atoms with Gasteiger partial charge in [-0.1, -0.05) is 30.7 Å². The molecule has 0 aliphatic carbocycles. The Morgan fingerprint density at radius 2 is 2.16 bits per heavy atom. The van der Waals surface area contributed by atoms with Gasteiger partial charge in [-0.05, 0) is 37.1 Å². The first-order chi connectivity index (χ1) is 9.19. The van der Waals surface area contributed by atoms with E-state index < -0.39 is 0 Å². The van der Waals surface area contributed by atoms with Gasteiger partial charge in [-0.15, -0.1) is 0 Å². The SMILES string of the molecule is CCNC(CCN1CCC(O)C1)c1ccc(Cl)cc1. The second kappa shape index (κ2) is 7.25. The first-order valence-electron chi connectivity index (χ1n) is 7.08. The number of halogens is 1. The Kier molecular flexibility index (Phi) is 5.64. The van der Waals surface area contributed by atoms with E-state index in [0.29, 0.717) is 6.04 Å². The number of aliphatic hydroxyl groups is 1. The van der Waals surface area contributed by atoms with E-state index in [9.17, 15) is 5.11 Å². The van der Waals surface area contributed by atoms with Crippen molar-refractivity contribution in [2.75, 3.05) is 26.2 Å². The molecule has 1 fully saturated rings. The van der Waals surface area contributed by atoms with Crippen molar-refractivity contribution in [3.63, 3.8) is 0 Å². The predicted molar refractivity (Wildman–Crippen MR) is 79.6 cm³/mol. The van der Waals surface area contributed by atoms with Crippen molar-refractivity contribution in [2.45, 2.75) is 31.9 Å². The largest absolute Gasteiger partial charge is 0.392 e. The number of nitrogens with one attached hydrogen (secondary N) is 1. The van der Waals surface area contributed by atoms with Gasteiger partial charge in [0, 0.05) is 30.7 Å². The molecule has 0 spiro atoms. The van der Waals surface area contributed by atoms with Crippen molar-refractivity contribution in [3.8, 4) is 0 Å². The van der Waals surface area contributed by atoms with Crippen LogP contribution in [0.25, 0.3) is 0 Å². The predicted octanol–water partition coefficient (Wildman–Crippen LogP) is 2.45. The lowest BCUT2D eigenvalue weighted by molar-refractivity contribution is 0.174. The van der Waals surface area contributed by atoms with E-state index in [0.717, 1.165) is 44.0 Å². The molecule has 1 aromatic carbocycles. The van der Waals surface area contributed by atoms with Crippen LogP contribution in [0.5, 0.6) is 0 Å². The van der Waals surface area contributed by atoms with Crippen LogP contribution in [-0.2, 0) is 0 Å². The molecule has 19 heavy (non-hydrogen) atoms. The molecule has 0 bridgehead atoms. The summed E-state index contributed by atoms with van der Waals surface area (Å²) in [6, 6.07) is 8.44. The standard InChI is InChI=1S/C15H23ClN2O/c1-2-17-15(12-3-5-13(16)6-4-12)8-10-18-9-7-14(19)11-18/h3-6,14-15,17,19H,2,7-11H2,1H3. The molecule has 2 rings (SSSR count). The molecule has 2 atom stereocenters. The third-order valence-corrected chi connectivity index (χ3v) is 3.96. The zero-order valence-electron chi connectivity index (χ0n) is 11.5. The van der Waals surface area contributed by atoms with Crippen molar-refractivity contribution < 1.29 is 5.11 Å². The molecular weight excluding hydrogens is 260 g/mol. The van der Waals surface area contributed by atoms with Crippen LogP contribution in [-0.4, -0.2) is 42.3 Å². The Labute approximate surface area is 120 Å². The van der Waals surface area contributed by atoms with Gasteiger partial charge < -0.3 is 15.3 Å². The van der Waals surface area contributed by atoms with E-state index in [4.69, 9.17) is 11.6 Å². The molecule has 0 saturated carbocycles. The van der Waals surface area contributed by atoms with Gasteiger partial charge in [0.15, 0.2) is 0 Å². The first kappa shape index (κ1) is 14.8. The Hall–Kier alpha value is -0.610. The highest BCUT2D eigenvalue weighted by Gasteiger charge is 2.21. The van der Waals surface area contributed by atoms with Gasteiger partial charge in [-0.25, -0.2) is 0 Å². The Bertz CT molecular complexity index is 382. The van der Waals surface area contributed by atoms with Crippen LogP contribution in [0.4, 0.5) is 0 Å². The second-order valence-corrected chi connectivity index (χ2v) is 5.63. The van der Waals surface area contributed by atoms with Crippen LogP contribution in [0.2, 0.25) is 5.02 Å². The molecule has 2 unspecified atom stereocenters. The van der Waals surface area contributed by atoms with Crippen molar-refractivity contribution in [3.05, 3.63) is 34.9 Å². The highest BCUT2D eigenvalue weighted by molar-refractivity contribution is 6.30. The number of β-amino-alcohol motifs (C(OH)–C–C–N with tert-alkyl or cyclic N) is 1. The molecule has 0 aromatic heterocycles. The smallest absolute Gasteiger partial charge is 0.0679 e.